The highest BCUT2D eigenvalue weighted by atomic mass is 79.9. The van der Waals surface area contributed by atoms with Gasteiger partial charge in [-0.3, -0.25) is 0 Å². The molecule has 1 aromatic carbocycles. The van der Waals surface area contributed by atoms with Gasteiger partial charge in [0.15, 0.2) is 0 Å². The maximum absolute atomic E-state index is 11.8. The van der Waals surface area contributed by atoms with Crippen LogP contribution in [0.1, 0.15) is 25.2 Å². The topological polar surface area (TPSA) is 52.0 Å². The van der Waals surface area contributed by atoms with Gasteiger partial charge in [-0.15, -0.1) is 0 Å². The van der Waals surface area contributed by atoms with Crippen LogP contribution in [0.5, 0.6) is 0 Å². The van der Waals surface area contributed by atoms with E-state index in [9.17, 15) is 8.42 Å². The highest BCUT2D eigenvalue weighted by Gasteiger charge is 2.26. The Morgan fingerprint density at radius 2 is 1.90 bits per heavy atom. The van der Waals surface area contributed by atoms with Crippen molar-refractivity contribution in [2.75, 3.05) is 0 Å². The van der Waals surface area contributed by atoms with Gasteiger partial charge in [0, 0.05) is 15.2 Å². The molecule has 0 radical (unpaired) electrons. The van der Waals surface area contributed by atoms with Crippen molar-refractivity contribution in [3.63, 3.8) is 0 Å². The summed E-state index contributed by atoms with van der Waals surface area (Å²) in [6.07, 6.45) is 1.03. The van der Waals surface area contributed by atoms with Gasteiger partial charge in [0.1, 0.15) is 4.90 Å². The van der Waals surface area contributed by atoms with E-state index in [1.165, 1.54) is 0 Å². The number of rotatable bonds is 4. The monoisotopic (exact) mass is 376 g/mol. The van der Waals surface area contributed by atoms with Gasteiger partial charge >= 0.3 is 0 Å². The van der Waals surface area contributed by atoms with Crippen LogP contribution in [-0.2, 0) is 21.9 Å². The van der Waals surface area contributed by atoms with Crippen LogP contribution in [0.25, 0.3) is 5.69 Å². The SMILES string of the molecule is CCc1nn(-c2ccccc2Br)c(CC)c1S(=O)(=O)Cl. The first-order valence-corrected chi connectivity index (χ1v) is 9.30. The maximum Gasteiger partial charge on any atom is 0.265 e. The lowest BCUT2D eigenvalue weighted by atomic mass is 10.2. The predicted octanol–water partition coefficient (Wildman–Crippen LogP) is 3.69. The fourth-order valence-corrected chi connectivity index (χ4v) is 4.10. The molecular weight excluding hydrogens is 364 g/mol. The van der Waals surface area contributed by atoms with E-state index >= 15 is 0 Å². The van der Waals surface area contributed by atoms with Crippen molar-refractivity contribution >= 4 is 35.7 Å². The molecular formula is C13H14BrClN2O2S. The van der Waals surface area contributed by atoms with Crippen LogP contribution in [-0.4, -0.2) is 18.2 Å². The molecule has 1 aromatic heterocycles. The summed E-state index contributed by atoms with van der Waals surface area (Å²) in [5.41, 5.74) is 1.89. The molecule has 20 heavy (non-hydrogen) atoms. The van der Waals surface area contributed by atoms with Gasteiger partial charge in [-0.1, -0.05) is 26.0 Å². The van der Waals surface area contributed by atoms with Crippen molar-refractivity contribution in [1.29, 1.82) is 0 Å². The van der Waals surface area contributed by atoms with Crippen molar-refractivity contribution < 1.29 is 8.42 Å². The average molecular weight is 378 g/mol. The summed E-state index contributed by atoms with van der Waals surface area (Å²) in [5, 5.41) is 4.42. The first kappa shape index (κ1) is 15.5. The summed E-state index contributed by atoms with van der Waals surface area (Å²) in [7, 11) is 1.76. The molecule has 0 aliphatic rings. The Balaban J connectivity index is 2.80. The summed E-state index contributed by atoms with van der Waals surface area (Å²) in [5.74, 6) is 0. The molecule has 0 atom stereocenters. The Hall–Kier alpha value is -0.850. The van der Waals surface area contributed by atoms with Gasteiger partial charge in [0.05, 0.1) is 17.1 Å². The zero-order valence-corrected chi connectivity index (χ0v) is 14.3. The predicted molar refractivity (Wildman–Crippen MR) is 83.1 cm³/mol. The van der Waals surface area contributed by atoms with Crippen LogP contribution in [0.3, 0.4) is 0 Å². The highest BCUT2D eigenvalue weighted by molar-refractivity contribution is 9.10. The normalized spacial score (nSPS) is 11.8. The second-order valence-corrected chi connectivity index (χ2v) is 7.59. The molecule has 0 amide bonds. The smallest absolute Gasteiger partial charge is 0.235 e. The van der Waals surface area contributed by atoms with E-state index < -0.39 is 9.05 Å². The lowest BCUT2D eigenvalue weighted by Crippen LogP contribution is -2.04. The molecule has 0 aliphatic carbocycles. The van der Waals surface area contributed by atoms with Crippen LogP contribution in [0, 0.1) is 0 Å². The second kappa shape index (κ2) is 5.87. The second-order valence-electron chi connectivity index (χ2n) is 4.23. The summed E-state index contributed by atoms with van der Waals surface area (Å²) in [6, 6.07) is 7.53. The zero-order valence-electron chi connectivity index (χ0n) is 11.1. The van der Waals surface area contributed by atoms with Crippen molar-refractivity contribution in [1.82, 2.24) is 9.78 Å². The average Bonchev–Trinajstić information content (AvgIpc) is 2.77. The number of halogens is 2. The first-order valence-electron chi connectivity index (χ1n) is 6.20. The van der Waals surface area contributed by atoms with Crippen molar-refractivity contribution in [2.24, 2.45) is 0 Å². The lowest BCUT2D eigenvalue weighted by molar-refractivity contribution is 0.607. The molecule has 0 saturated carbocycles. The minimum Gasteiger partial charge on any atom is -0.235 e. The molecule has 0 spiro atoms. The zero-order chi connectivity index (χ0) is 14.9. The number of aryl methyl sites for hydroxylation is 1. The molecule has 0 bridgehead atoms. The van der Waals surface area contributed by atoms with E-state index in [2.05, 4.69) is 21.0 Å². The molecule has 4 nitrogen and oxygen atoms in total. The third-order valence-electron chi connectivity index (χ3n) is 2.99. The molecule has 7 heteroatoms. The fraction of sp³-hybridized carbons (Fsp3) is 0.308. The number of hydrogen-bond donors (Lipinski definition) is 0. The fourth-order valence-electron chi connectivity index (χ4n) is 2.14. The summed E-state index contributed by atoms with van der Waals surface area (Å²) >= 11 is 3.46. The van der Waals surface area contributed by atoms with E-state index in [-0.39, 0.29) is 4.90 Å². The first-order chi connectivity index (χ1) is 9.40. The van der Waals surface area contributed by atoms with Crippen molar-refractivity contribution in [2.45, 2.75) is 31.6 Å². The molecule has 2 aromatic rings. The summed E-state index contributed by atoms with van der Waals surface area (Å²) in [6.45, 7) is 3.74. The molecule has 2 rings (SSSR count). The molecule has 0 fully saturated rings. The van der Waals surface area contributed by atoms with E-state index in [4.69, 9.17) is 10.7 Å². The summed E-state index contributed by atoms with van der Waals surface area (Å²) < 4.78 is 26.1. The third kappa shape index (κ3) is 2.77. The van der Waals surface area contributed by atoms with Crippen molar-refractivity contribution in [3.05, 3.63) is 40.1 Å². The van der Waals surface area contributed by atoms with Crippen LogP contribution in [0.15, 0.2) is 33.6 Å². The number of para-hydroxylation sites is 1. The van der Waals surface area contributed by atoms with E-state index in [1.54, 1.807) is 4.68 Å². The van der Waals surface area contributed by atoms with Crippen LogP contribution in [0.2, 0.25) is 0 Å². The van der Waals surface area contributed by atoms with Gasteiger partial charge in [0.25, 0.3) is 9.05 Å². The van der Waals surface area contributed by atoms with Gasteiger partial charge in [0.2, 0.25) is 0 Å². The molecule has 0 N–H and O–H groups in total. The number of aromatic nitrogens is 2. The third-order valence-corrected chi connectivity index (χ3v) is 5.09. The van der Waals surface area contributed by atoms with Gasteiger partial charge in [-0.25, -0.2) is 13.1 Å². The van der Waals surface area contributed by atoms with E-state index in [1.807, 2.05) is 38.1 Å². The molecule has 108 valence electrons. The summed E-state index contributed by atoms with van der Waals surface area (Å²) in [4.78, 5) is 0.139. The van der Waals surface area contributed by atoms with Gasteiger partial charge in [-0.2, -0.15) is 5.10 Å². The Kier molecular flexibility index (Phi) is 4.56. The molecule has 0 aliphatic heterocycles. The lowest BCUT2D eigenvalue weighted by Gasteiger charge is -2.08. The molecule has 0 saturated heterocycles. The van der Waals surface area contributed by atoms with E-state index in [0.717, 1.165) is 10.2 Å². The van der Waals surface area contributed by atoms with E-state index in [0.29, 0.717) is 24.2 Å². The number of benzene rings is 1. The Labute approximate surface area is 131 Å². The van der Waals surface area contributed by atoms with Gasteiger partial charge in [-0.05, 0) is 40.9 Å². The number of nitrogens with zero attached hydrogens (tertiary/aromatic N) is 2. The largest absolute Gasteiger partial charge is 0.265 e. The molecule has 0 unspecified atom stereocenters. The standard InChI is InChI=1S/C13H14BrClN2O2S/c1-3-10-13(20(15,18)19)11(4-2)17(16-10)12-8-6-5-7-9(12)14/h5-8H,3-4H2,1-2H3. The van der Waals surface area contributed by atoms with Crippen molar-refractivity contribution in [3.8, 4) is 5.69 Å². The van der Waals surface area contributed by atoms with Crippen LogP contribution in [0.4, 0.5) is 0 Å². The van der Waals surface area contributed by atoms with Crippen LogP contribution >= 0.6 is 26.6 Å². The minimum absolute atomic E-state index is 0.139. The quantitative estimate of drug-likeness (QED) is 0.764. The number of hydrogen-bond acceptors (Lipinski definition) is 3. The Bertz CT molecular complexity index is 741. The highest BCUT2D eigenvalue weighted by Crippen LogP contribution is 2.30. The minimum atomic E-state index is -3.81. The molecule has 1 heterocycles. The Morgan fingerprint density at radius 3 is 2.40 bits per heavy atom. The van der Waals surface area contributed by atoms with Gasteiger partial charge < -0.3 is 0 Å². The Morgan fingerprint density at radius 1 is 1.25 bits per heavy atom. The maximum atomic E-state index is 11.8. The van der Waals surface area contributed by atoms with Crippen LogP contribution < -0.4 is 0 Å².